The van der Waals surface area contributed by atoms with Crippen molar-refractivity contribution in [2.75, 3.05) is 31.6 Å². The Morgan fingerprint density at radius 1 is 1.41 bits per heavy atom. The standard InChI is InChI=1S/C20H27N5O2/c1-5-27-14(2)12-24(4)20-17-8-10-25(15(3)26)13-18(17)22-19(23-20)16-7-6-9-21-11-16/h6-7,9,11,14H,5,8,10,12-13H2,1-4H3/t14-/m0/s1. The predicted octanol–water partition coefficient (Wildman–Crippen LogP) is 2.30. The maximum Gasteiger partial charge on any atom is 0.219 e. The summed E-state index contributed by atoms with van der Waals surface area (Å²) < 4.78 is 5.69. The average molecular weight is 369 g/mol. The molecule has 0 saturated heterocycles. The molecule has 1 atom stereocenters. The fraction of sp³-hybridized carbons (Fsp3) is 0.500. The molecule has 3 heterocycles. The fourth-order valence-corrected chi connectivity index (χ4v) is 3.43. The lowest BCUT2D eigenvalue weighted by molar-refractivity contribution is -0.129. The van der Waals surface area contributed by atoms with Gasteiger partial charge >= 0.3 is 0 Å². The van der Waals surface area contributed by atoms with E-state index >= 15 is 0 Å². The number of carbonyl (C=O) groups excluding carboxylic acids is 1. The minimum Gasteiger partial charge on any atom is -0.377 e. The number of rotatable bonds is 6. The summed E-state index contributed by atoms with van der Waals surface area (Å²) in [6.45, 7) is 8.30. The number of anilines is 1. The number of likely N-dealkylation sites (N-methyl/N-ethyl adjacent to an activating group) is 1. The highest BCUT2D eigenvalue weighted by Gasteiger charge is 2.26. The Kier molecular flexibility index (Phi) is 6.01. The summed E-state index contributed by atoms with van der Waals surface area (Å²) in [4.78, 5) is 29.6. The number of fused-ring (bicyclic) bond motifs is 1. The Balaban J connectivity index is 2.00. The van der Waals surface area contributed by atoms with Gasteiger partial charge in [-0.15, -0.1) is 0 Å². The monoisotopic (exact) mass is 369 g/mol. The highest BCUT2D eigenvalue weighted by molar-refractivity contribution is 5.74. The van der Waals surface area contributed by atoms with Crippen LogP contribution in [0.4, 0.5) is 5.82 Å². The predicted molar refractivity (Wildman–Crippen MR) is 104 cm³/mol. The van der Waals surface area contributed by atoms with Crippen LogP contribution in [0, 0.1) is 0 Å². The minimum absolute atomic E-state index is 0.0714. The molecule has 0 aromatic carbocycles. The second kappa shape index (κ2) is 8.43. The molecule has 0 bridgehead atoms. The fourth-order valence-electron chi connectivity index (χ4n) is 3.43. The molecular weight excluding hydrogens is 342 g/mol. The highest BCUT2D eigenvalue weighted by Crippen LogP contribution is 2.29. The molecule has 2 aromatic rings. The summed E-state index contributed by atoms with van der Waals surface area (Å²) >= 11 is 0. The molecule has 144 valence electrons. The molecule has 2 aromatic heterocycles. The van der Waals surface area contributed by atoms with E-state index in [2.05, 4.69) is 16.8 Å². The zero-order valence-electron chi connectivity index (χ0n) is 16.5. The number of hydrogen-bond acceptors (Lipinski definition) is 6. The zero-order valence-corrected chi connectivity index (χ0v) is 16.5. The summed E-state index contributed by atoms with van der Waals surface area (Å²) in [6, 6.07) is 3.83. The largest absolute Gasteiger partial charge is 0.377 e. The molecule has 7 heteroatoms. The molecule has 1 aliphatic rings. The lowest BCUT2D eigenvalue weighted by Crippen LogP contribution is -2.37. The third-order valence-electron chi connectivity index (χ3n) is 4.75. The zero-order chi connectivity index (χ0) is 19.4. The van der Waals surface area contributed by atoms with Gasteiger partial charge in [-0.2, -0.15) is 0 Å². The van der Waals surface area contributed by atoms with Gasteiger partial charge in [0.2, 0.25) is 5.91 Å². The number of aromatic nitrogens is 3. The van der Waals surface area contributed by atoms with Crippen LogP contribution in [0.5, 0.6) is 0 Å². The van der Waals surface area contributed by atoms with Gasteiger partial charge in [0.15, 0.2) is 5.82 Å². The van der Waals surface area contributed by atoms with Crippen LogP contribution in [0.15, 0.2) is 24.5 Å². The van der Waals surface area contributed by atoms with Gasteiger partial charge in [-0.3, -0.25) is 9.78 Å². The van der Waals surface area contributed by atoms with E-state index in [0.29, 0.717) is 25.5 Å². The van der Waals surface area contributed by atoms with Crippen LogP contribution < -0.4 is 4.90 Å². The van der Waals surface area contributed by atoms with E-state index in [-0.39, 0.29) is 12.0 Å². The van der Waals surface area contributed by atoms with Crippen LogP contribution in [0.1, 0.15) is 32.0 Å². The quantitative estimate of drug-likeness (QED) is 0.778. The summed E-state index contributed by atoms with van der Waals surface area (Å²) in [6.07, 6.45) is 4.35. The Labute approximate surface area is 160 Å². The number of amides is 1. The van der Waals surface area contributed by atoms with Crippen molar-refractivity contribution in [1.29, 1.82) is 0 Å². The van der Waals surface area contributed by atoms with Crippen molar-refractivity contribution in [2.45, 2.75) is 39.8 Å². The van der Waals surface area contributed by atoms with Crippen molar-refractivity contribution in [3.63, 3.8) is 0 Å². The van der Waals surface area contributed by atoms with E-state index in [1.165, 1.54) is 0 Å². The van der Waals surface area contributed by atoms with Crippen molar-refractivity contribution in [3.8, 4) is 11.4 Å². The molecule has 0 unspecified atom stereocenters. The van der Waals surface area contributed by atoms with Gasteiger partial charge in [0.05, 0.1) is 18.3 Å². The summed E-state index contributed by atoms with van der Waals surface area (Å²) in [5.74, 6) is 1.62. The number of pyridine rings is 1. The second-order valence-corrected chi connectivity index (χ2v) is 6.87. The highest BCUT2D eigenvalue weighted by atomic mass is 16.5. The first-order chi connectivity index (χ1) is 13.0. The SMILES string of the molecule is CCO[C@@H](C)CN(C)c1nc(-c2cccnc2)nc2c1CCN(C(C)=O)C2. The normalized spacial score (nSPS) is 14.6. The van der Waals surface area contributed by atoms with Crippen LogP contribution in [0.3, 0.4) is 0 Å². The molecule has 0 N–H and O–H groups in total. The van der Waals surface area contributed by atoms with Gasteiger partial charge in [0, 0.05) is 57.2 Å². The van der Waals surface area contributed by atoms with E-state index < -0.39 is 0 Å². The maximum absolute atomic E-state index is 11.8. The van der Waals surface area contributed by atoms with Crippen molar-refractivity contribution in [1.82, 2.24) is 19.9 Å². The smallest absolute Gasteiger partial charge is 0.219 e. The van der Waals surface area contributed by atoms with Crippen LogP contribution in [-0.2, 0) is 22.5 Å². The molecule has 0 fully saturated rings. The Bertz CT molecular complexity index is 796. The summed E-state index contributed by atoms with van der Waals surface area (Å²) in [5.41, 5.74) is 2.90. The summed E-state index contributed by atoms with van der Waals surface area (Å²) in [7, 11) is 2.03. The summed E-state index contributed by atoms with van der Waals surface area (Å²) in [5, 5.41) is 0. The number of hydrogen-bond donors (Lipinski definition) is 0. The lowest BCUT2D eigenvalue weighted by atomic mass is 10.0. The van der Waals surface area contributed by atoms with Crippen LogP contribution in [0.2, 0.25) is 0 Å². The molecular formula is C20H27N5O2. The van der Waals surface area contributed by atoms with Crippen molar-refractivity contribution in [3.05, 3.63) is 35.8 Å². The molecule has 1 aliphatic heterocycles. The van der Waals surface area contributed by atoms with E-state index in [4.69, 9.17) is 14.7 Å². The van der Waals surface area contributed by atoms with E-state index in [1.54, 1.807) is 19.3 Å². The minimum atomic E-state index is 0.0714. The van der Waals surface area contributed by atoms with Crippen LogP contribution >= 0.6 is 0 Å². The van der Waals surface area contributed by atoms with Gasteiger partial charge < -0.3 is 14.5 Å². The number of ether oxygens (including phenoxy) is 1. The van der Waals surface area contributed by atoms with E-state index in [0.717, 1.165) is 35.6 Å². The molecule has 0 saturated carbocycles. The van der Waals surface area contributed by atoms with E-state index in [9.17, 15) is 4.79 Å². The first-order valence-electron chi connectivity index (χ1n) is 9.38. The third-order valence-corrected chi connectivity index (χ3v) is 4.75. The van der Waals surface area contributed by atoms with Crippen molar-refractivity contribution in [2.24, 2.45) is 0 Å². The van der Waals surface area contributed by atoms with Gasteiger partial charge in [0.1, 0.15) is 5.82 Å². The van der Waals surface area contributed by atoms with Crippen molar-refractivity contribution >= 4 is 11.7 Å². The Hall–Kier alpha value is -2.54. The number of carbonyl (C=O) groups is 1. The molecule has 1 amide bonds. The van der Waals surface area contributed by atoms with Crippen molar-refractivity contribution < 1.29 is 9.53 Å². The first kappa shape index (κ1) is 19.2. The third kappa shape index (κ3) is 4.42. The van der Waals surface area contributed by atoms with Gasteiger partial charge in [0.25, 0.3) is 0 Å². The molecule has 3 rings (SSSR count). The van der Waals surface area contributed by atoms with Crippen LogP contribution in [0.25, 0.3) is 11.4 Å². The first-order valence-corrected chi connectivity index (χ1v) is 9.38. The van der Waals surface area contributed by atoms with E-state index in [1.807, 2.05) is 31.0 Å². The Morgan fingerprint density at radius 3 is 2.89 bits per heavy atom. The maximum atomic E-state index is 11.8. The molecule has 0 aliphatic carbocycles. The Morgan fingerprint density at radius 2 is 2.22 bits per heavy atom. The lowest BCUT2D eigenvalue weighted by Gasteiger charge is -2.31. The van der Waals surface area contributed by atoms with Crippen LogP contribution in [-0.4, -0.2) is 58.6 Å². The molecule has 0 radical (unpaired) electrons. The number of nitrogens with zero attached hydrogens (tertiary/aromatic N) is 5. The topological polar surface area (TPSA) is 71.5 Å². The average Bonchev–Trinajstić information content (AvgIpc) is 2.67. The van der Waals surface area contributed by atoms with Gasteiger partial charge in [-0.1, -0.05) is 0 Å². The molecule has 0 spiro atoms. The van der Waals surface area contributed by atoms with Gasteiger partial charge in [-0.05, 0) is 32.4 Å². The molecule has 27 heavy (non-hydrogen) atoms. The molecule has 7 nitrogen and oxygen atoms in total. The van der Waals surface area contributed by atoms with Gasteiger partial charge in [-0.25, -0.2) is 9.97 Å². The second-order valence-electron chi connectivity index (χ2n) is 6.87.